The number of methoxy groups -OCH3 is 1. The van der Waals surface area contributed by atoms with Gasteiger partial charge in [-0.1, -0.05) is 0 Å². The van der Waals surface area contributed by atoms with E-state index in [9.17, 15) is 9.90 Å². The molecule has 1 aromatic rings. The molecule has 0 spiro atoms. The molecule has 5 heteroatoms. The van der Waals surface area contributed by atoms with Crippen LogP contribution in [-0.2, 0) is 11.2 Å². The molecule has 0 aliphatic rings. The van der Waals surface area contributed by atoms with Gasteiger partial charge in [0.1, 0.15) is 0 Å². The Balaban J connectivity index is 2.90. The minimum absolute atomic E-state index is 0.0263. The van der Waals surface area contributed by atoms with E-state index < -0.39 is 5.97 Å². The van der Waals surface area contributed by atoms with E-state index in [2.05, 4.69) is 0 Å². The van der Waals surface area contributed by atoms with Crippen LogP contribution in [0.1, 0.15) is 24.0 Å². The van der Waals surface area contributed by atoms with Crippen LogP contribution in [0.3, 0.4) is 0 Å². The zero-order valence-corrected chi connectivity index (χ0v) is 9.43. The van der Waals surface area contributed by atoms with E-state index in [4.69, 9.17) is 15.1 Å². The lowest BCUT2D eigenvalue weighted by molar-refractivity contribution is -0.137. The van der Waals surface area contributed by atoms with E-state index in [1.165, 1.54) is 13.2 Å². The summed E-state index contributed by atoms with van der Waals surface area (Å²) in [6.45, 7) is 0. The van der Waals surface area contributed by atoms with Crippen LogP contribution in [0.25, 0.3) is 0 Å². The predicted octanol–water partition coefficient (Wildman–Crippen LogP) is 1.68. The molecule has 0 heterocycles. The van der Waals surface area contributed by atoms with Crippen molar-refractivity contribution < 1.29 is 19.7 Å². The molecule has 17 heavy (non-hydrogen) atoms. The molecule has 5 nitrogen and oxygen atoms in total. The van der Waals surface area contributed by atoms with Crippen molar-refractivity contribution in [2.75, 3.05) is 7.11 Å². The third kappa shape index (κ3) is 3.38. The molecular weight excluding hydrogens is 222 g/mol. The van der Waals surface area contributed by atoms with Crippen molar-refractivity contribution in [1.29, 1.82) is 5.26 Å². The van der Waals surface area contributed by atoms with Gasteiger partial charge in [-0.2, -0.15) is 5.26 Å². The second-order valence-corrected chi connectivity index (χ2v) is 3.55. The van der Waals surface area contributed by atoms with Crippen LogP contribution in [0.15, 0.2) is 12.1 Å². The Bertz CT molecular complexity index is 462. The number of nitriles is 1. The Kier molecular flexibility index (Phi) is 4.35. The number of carboxylic acids is 1. The van der Waals surface area contributed by atoms with Gasteiger partial charge in [0.15, 0.2) is 11.5 Å². The first-order chi connectivity index (χ1) is 8.08. The normalized spacial score (nSPS) is 9.65. The van der Waals surface area contributed by atoms with Crippen molar-refractivity contribution in [1.82, 2.24) is 0 Å². The number of nitrogens with zero attached hydrogens (tertiary/aromatic N) is 1. The fraction of sp³-hybridized carbons (Fsp3) is 0.333. The minimum Gasteiger partial charge on any atom is -0.504 e. The Morgan fingerprint density at radius 1 is 1.53 bits per heavy atom. The van der Waals surface area contributed by atoms with Gasteiger partial charge in [0.05, 0.1) is 18.7 Å². The molecule has 1 aromatic carbocycles. The summed E-state index contributed by atoms with van der Waals surface area (Å²) in [5.74, 6) is -0.681. The average molecular weight is 235 g/mol. The SMILES string of the molecule is COc1cc(C#N)cc(CCCC(=O)O)c1O. The molecule has 2 N–H and O–H groups in total. The van der Waals surface area contributed by atoms with Gasteiger partial charge in [-0.3, -0.25) is 4.79 Å². The van der Waals surface area contributed by atoms with Crippen molar-refractivity contribution in [3.05, 3.63) is 23.3 Å². The maximum atomic E-state index is 10.4. The second kappa shape index (κ2) is 5.75. The molecule has 0 unspecified atom stereocenters. The van der Waals surface area contributed by atoms with Crippen LogP contribution in [0.2, 0.25) is 0 Å². The van der Waals surface area contributed by atoms with Crippen LogP contribution >= 0.6 is 0 Å². The summed E-state index contributed by atoms with van der Waals surface area (Å²) < 4.78 is 4.94. The lowest BCUT2D eigenvalue weighted by Crippen LogP contribution is -1.97. The molecule has 0 atom stereocenters. The Labute approximate surface area is 98.9 Å². The fourth-order valence-corrected chi connectivity index (χ4v) is 1.51. The smallest absolute Gasteiger partial charge is 0.303 e. The molecule has 0 radical (unpaired) electrons. The van der Waals surface area contributed by atoms with Crippen LogP contribution in [0.4, 0.5) is 0 Å². The first-order valence-electron chi connectivity index (χ1n) is 5.10. The standard InChI is InChI=1S/C12H13NO4/c1-17-10-6-8(7-13)5-9(12(10)16)3-2-4-11(14)15/h5-6,16H,2-4H2,1H3,(H,14,15). The average Bonchev–Trinajstić information content (AvgIpc) is 2.31. The van der Waals surface area contributed by atoms with Gasteiger partial charge in [-0.05, 0) is 24.5 Å². The summed E-state index contributed by atoms with van der Waals surface area (Å²) in [6, 6.07) is 4.94. The number of ether oxygens (including phenoxy) is 1. The Morgan fingerprint density at radius 3 is 2.76 bits per heavy atom. The second-order valence-electron chi connectivity index (χ2n) is 3.55. The third-order valence-corrected chi connectivity index (χ3v) is 2.34. The maximum absolute atomic E-state index is 10.4. The molecule has 0 bridgehead atoms. The van der Waals surface area contributed by atoms with Crippen LogP contribution < -0.4 is 4.74 Å². The Hall–Kier alpha value is -2.22. The minimum atomic E-state index is -0.882. The van der Waals surface area contributed by atoms with Crippen molar-refractivity contribution in [2.45, 2.75) is 19.3 Å². The first-order valence-corrected chi connectivity index (χ1v) is 5.10. The summed E-state index contributed by atoms with van der Waals surface area (Å²) in [5.41, 5.74) is 0.909. The number of aryl methyl sites for hydroxylation is 1. The number of aliphatic carboxylic acids is 1. The van der Waals surface area contributed by atoms with Crippen LogP contribution in [0, 0.1) is 11.3 Å². The molecule has 1 rings (SSSR count). The van der Waals surface area contributed by atoms with E-state index >= 15 is 0 Å². The van der Waals surface area contributed by atoms with Gasteiger partial charge >= 0.3 is 5.97 Å². The first kappa shape index (κ1) is 12.8. The van der Waals surface area contributed by atoms with Gasteiger partial charge in [-0.25, -0.2) is 0 Å². The third-order valence-electron chi connectivity index (χ3n) is 2.34. The van der Waals surface area contributed by atoms with E-state index in [1.807, 2.05) is 6.07 Å². The summed E-state index contributed by atoms with van der Waals surface area (Å²) in [5, 5.41) is 27.1. The van der Waals surface area contributed by atoms with Crippen LogP contribution in [0.5, 0.6) is 11.5 Å². The Morgan fingerprint density at radius 2 is 2.24 bits per heavy atom. The van der Waals surface area contributed by atoms with E-state index in [1.54, 1.807) is 6.07 Å². The number of rotatable bonds is 5. The highest BCUT2D eigenvalue weighted by Crippen LogP contribution is 2.32. The molecule has 0 aliphatic carbocycles. The zero-order valence-electron chi connectivity index (χ0n) is 9.43. The monoisotopic (exact) mass is 235 g/mol. The largest absolute Gasteiger partial charge is 0.504 e. The summed E-state index contributed by atoms with van der Waals surface area (Å²) in [6.07, 6.45) is 0.823. The highest BCUT2D eigenvalue weighted by molar-refractivity contribution is 5.66. The molecular formula is C12H13NO4. The van der Waals surface area contributed by atoms with Crippen molar-refractivity contribution in [3.8, 4) is 17.6 Å². The van der Waals surface area contributed by atoms with E-state index in [0.29, 0.717) is 24.0 Å². The number of carboxylic acid groups (broad SMARTS) is 1. The molecule has 90 valence electrons. The molecule has 0 fully saturated rings. The lowest BCUT2D eigenvalue weighted by atomic mass is 10.0. The molecule has 0 aliphatic heterocycles. The van der Waals surface area contributed by atoms with Gasteiger partial charge in [-0.15, -0.1) is 0 Å². The molecule has 0 aromatic heterocycles. The maximum Gasteiger partial charge on any atom is 0.303 e. The lowest BCUT2D eigenvalue weighted by Gasteiger charge is -2.09. The highest BCUT2D eigenvalue weighted by Gasteiger charge is 2.11. The van der Waals surface area contributed by atoms with Crippen molar-refractivity contribution >= 4 is 5.97 Å². The zero-order chi connectivity index (χ0) is 12.8. The van der Waals surface area contributed by atoms with E-state index in [0.717, 1.165) is 0 Å². The van der Waals surface area contributed by atoms with Gasteiger partial charge < -0.3 is 14.9 Å². The van der Waals surface area contributed by atoms with Crippen LogP contribution in [-0.4, -0.2) is 23.3 Å². The quantitative estimate of drug-likeness (QED) is 0.810. The van der Waals surface area contributed by atoms with Gasteiger partial charge in [0.2, 0.25) is 0 Å². The highest BCUT2D eigenvalue weighted by atomic mass is 16.5. The number of aromatic hydroxyl groups is 1. The number of hydrogen-bond donors (Lipinski definition) is 2. The van der Waals surface area contributed by atoms with Gasteiger partial charge in [0.25, 0.3) is 0 Å². The number of phenols is 1. The number of benzene rings is 1. The summed E-state index contributed by atoms with van der Waals surface area (Å²) >= 11 is 0. The topological polar surface area (TPSA) is 90.5 Å². The van der Waals surface area contributed by atoms with E-state index in [-0.39, 0.29) is 17.9 Å². The van der Waals surface area contributed by atoms with Gasteiger partial charge in [0, 0.05) is 12.5 Å². The summed E-state index contributed by atoms with van der Waals surface area (Å²) in [7, 11) is 1.40. The molecule has 0 saturated heterocycles. The number of phenolic OH excluding ortho intramolecular Hbond substituents is 1. The predicted molar refractivity (Wildman–Crippen MR) is 59.9 cm³/mol. The molecule has 0 saturated carbocycles. The van der Waals surface area contributed by atoms with Crippen molar-refractivity contribution in [2.24, 2.45) is 0 Å². The number of hydrogen-bond acceptors (Lipinski definition) is 4. The fourth-order valence-electron chi connectivity index (χ4n) is 1.51. The van der Waals surface area contributed by atoms with Crippen molar-refractivity contribution in [3.63, 3.8) is 0 Å². The number of carbonyl (C=O) groups is 1. The molecule has 0 amide bonds. The summed E-state index contributed by atoms with van der Waals surface area (Å²) in [4.78, 5) is 10.4.